The molecule has 1 aromatic carbocycles. The maximum Gasteiger partial charge on any atom is 0.408 e. The summed E-state index contributed by atoms with van der Waals surface area (Å²) in [6.45, 7) is 11.7. The van der Waals surface area contributed by atoms with Crippen molar-refractivity contribution in [2.45, 2.75) is 51.3 Å². The predicted molar refractivity (Wildman–Crippen MR) is 122 cm³/mol. The number of ether oxygens (including phenoxy) is 2. The van der Waals surface area contributed by atoms with E-state index in [1.807, 2.05) is 51.2 Å². The van der Waals surface area contributed by atoms with Crippen LogP contribution in [0.3, 0.4) is 0 Å². The highest BCUT2D eigenvalue weighted by Gasteiger charge is 2.43. The number of alkyl carbamates (subject to hydrolysis) is 1. The number of carbonyl (C=O) groups excluding carboxylic acids is 1. The third-order valence-corrected chi connectivity index (χ3v) is 6.53. The standard InChI is InChI=1S/C25H33N3O3/c1-6-16-15-28-12-10-17(16)13-22(28)23(27-24(29)31-25(2,3)4)19-9-11-26-21-8-7-18(30-5)14-20(19)21/h6-9,11,14,16-17,22-23H,1,10,12-13,15H2,2-5H3,(H,27,29)/t16-,17-,22-,23-/m0/s1. The number of fused-ring (bicyclic) bond motifs is 4. The third kappa shape index (κ3) is 4.54. The normalized spacial score (nSPS) is 26.3. The van der Waals surface area contributed by atoms with E-state index in [2.05, 4.69) is 27.9 Å². The van der Waals surface area contributed by atoms with E-state index in [-0.39, 0.29) is 12.1 Å². The SMILES string of the molecule is C=C[C@H]1CN2CC[C@H]1C[C@H]2[C@@H](NC(=O)OC(C)(C)C)c1ccnc2ccc(OC)cc12. The number of benzene rings is 1. The molecule has 3 saturated heterocycles. The number of hydrogen-bond donors (Lipinski definition) is 1. The van der Waals surface area contributed by atoms with Crippen molar-refractivity contribution >= 4 is 17.0 Å². The molecule has 0 spiro atoms. The third-order valence-electron chi connectivity index (χ3n) is 6.53. The van der Waals surface area contributed by atoms with E-state index in [1.165, 1.54) is 6.42 Å². The first-order chi connectivity index (χ1) is 14.8. The van der Waals surface area contributed by atoms with Crippen molar-refractivity contribution < 1.29 is 14.3 Å². The minimum absolute atomic E-state index is 0.194. The van der Waals surface area contributed by atoms with Gasteiger partial charge in [0.25, 0.3) is 0 Å². The average molecular weight is 424 g/mol. The Kier molecular flexibility index (Phi) is 5.93. The van der Waals surface area contributed by atoms with Crippen LogP contribution in [-0.2, 0) is 4.74 Å². The van der Waals surface area contributed by atoms with Crippen LogP contribution in [0.2, 0.25) is 0 Å². The first kappa shape index (κ1) is 21.6. The maximum absolute atomic E-state index is 12.9. The Morgan fingerprint density at radius 2 is 2.16 bits per heavy atom. The molecule has 1 aromatic heterocycles. The van der Waals surface area contributed by atoms with Gasteiger partial charge >= 0.3 is 6.09 Å². The maximum atomic E-state index is 12.9. The number of nitrogens with one attached hydrogen (secondary N) is 1. The zero-order valence-corrected chi connectivity index (χ0v) is 18.9. The number of carbonyl (C=O) groups is 1. The monoisotopic (exact) mass is 423 g/mol. The summed E-state index contributed by atoms with van der Waals surface area (Å²) in [5.41, 5.74) is 1.37. The number of hydrogen-bond acceptors (Lipinski definition) is 5. The molecule has 5 rings (SSSR count). The summed E-state index contributed by atoms with van der Waals surface area (Å²) in [6.07, 6.45) is 5.71. The van der Waals surface area contributed by atoms with Crippen LogP contribution in [0.1, 0.15) is 45.2 Å². The molecule has 2 aromatic rings. The summed E-state index contributed by atoms with van der Waals surface area (Å²) < 4.78 is 11.1. The molecule has 0 saturated carbocycles. The number of methoxy groups -OCH3 is 1. The molecule has 0 radical (unpaired) electrons. The lowest BCUT2D eigenvalue weighted by atomic mass is 9.73. The average Bonchev–Trinajstić information content (AvgIpc) is 2.75. The van der Waals surface area contributed by atoms with Gasteiger partial charge in [0, 0.05) is 24.2 Å². The van der Waals surface area contributed by atoms with Crippen molar-refractivity contribution in [2.24, 2.45) is 11.8 Å². The quantitative estimate of drug-likeness (QED) is 0.706. The van der Waals surface area contributed by atoms with Crippen LogP contribution >= 0.6 is 0 Å². The zero-order chi connectivity index (χ0) is 22.2. The van der Waals surface area contributed by atoms with Gasteiger partial charge in [0.05, 0.1) is 18.7 Å². The molecule has 166 valence electrons. The van der Waals surface area contributed by atoms with Crippen LogP contribution < -0.4 is 10.1 Å². The van der Waals surface area contributed by atoms with Crippen LogP contribution in [0.25, 0.3) is 10.9 Å². The van der Waals surface area contributed by atoms with Gasteiger partial charge in [-0.2, -0.15) is 0 Å². The molecule has 6 heteroatoms. The Labute approximate surface area is 184 Å². The van der Waals surface area contributed by atoms with Crippen molar-refractivity contribution in [1.82, 2.24) is 15.2 Å². The number of aromatic nitrogens is 1. The highest BCUT2D eigenvalue weighted by atomic mass is 16.6. The van der Waals surface area contributed by atoms with E-state index in [1.54, 1.807) is 7.11 Å². The summed E-state index contributed by atoms with van der Waals surface area (Å²) >= 11 is 0. The second-order valence-corrected chi connectivity index (χ2v) is 9.65. The second-order valence-electron chi connectivity index (χ2n) is 9.65. The fourth-order valence-electron chi connectivity index (χ4n) is 5.08. The van der Waals surface area contributed by atoms with Crippen molar-refractivity contribution in [1.29, 1.82) is 0 Å². The van der Waals surface area contributed by atoms with E-state index < -0.39 is 11.7 Å². The lowest BCUT2D eigenvalue weighted by Gasteiger charge is -2.51. The van der Waals surface area contributed by atoms with Gasteiger partial charge in [-0.1, -0.05) is 6.08 Å². The van der Waals surface area contributed by atoms with Crippen LogP contribution in [0.4, 0.5) is 4.79 Å². The lowest BCUT2D eigenvalue weighted by Crippen LogP contribution is -2.57. The minimum Gasteiger partial charge on any atom is -0.497 e. The molecular weight excluding hydrogens is 390 g/mol. The molecule has 31 heavy (non-hydrogen) atoms. The van der Waals surface area contributed by atoms with Crippen molar-refractivity contribution in [3.05, 3.63) is 48.7 Å². The van der Waals surface area contributed by atoms with E-state index in [0.29, 0.717) is 11.8 Å². The molecule has 1 amide bonds. The molecule has 5 atom stereocenters. The lowest BCUT2D eigenvalue weighted by molar-refractivity contribution is -0.00351. The summed E-state index contributed by atoms with van der Waals surface area (Å²) in [5.74, 6) is 1.88. The van der Waals surface area contributed by atoms with Crippen molar-refractivity contribution in [3.63, 3.8) is 0 Å². The van der Waals surface area contributed by atoms with Gasteiger partial charge in [0.2, 0.25) is 0 Å². The molecule has 6 nitrogen and oxygen atoms in total. The molecule has 4 heterocycles. The van der Waals surface area contributed by atoms with Crippen molar-refractivity contribution in [2.75, 3.05) is 20.2 Å². The highest BCUT2D eigenvalue weighted by molar-refractivity contribution is 5.84. The number of rotatable bonds is 5. The van der Waals surface area contributed by atoms with E-state index in [9.17, 15) is 4.79 Å². The van der Waals surface area contributed by atoms with E-state index in [0.717, 1.165) is 41.7 Å². The number of nitrogens with zero attached hydrogens (tertiary/aromatic N) is 2. The van der Waals surface area contributed by atoms with Gasteiger partial charge in [-0.3, -0.25) is 9.88 Å². The van der Waals surface area contributed by atoms with Gasteiger partial charge < -0.3 is 14.8 Å². The minimum atomic E-state index is -0.558. The second kappa shape index (κ2) is 8.50. The van der Waals surface area contributed by atoms with E-state index >= 15 is 0 Å². The van der Waals surface area contributed by atoms with Gasteiger partial charge in [-0.15, -0.1) is 6.58 Å². The van der Waals surface area contributed by atoms with Crippen LogP contribution in [-0.4, -0.2) is 47.8 Å². The van der Waals surface area contributed by atoms with Crippen LogP contribution in [0.15, 0.2) is 43.1 Å². The number of piperidine rings is 3. The van der Waals surface area contributed by atoms with Gasteiger partial charge in [-0.05, 0) is 81.8 Å². The van der Waals surface area contributed by atoms with E-state index in [4.69, 9.17) is 9.47 Å². The highest BCUT2D eigenvalue weighted by Crippen LogP contribution is 2.42. The Hall–Kier alpha value is -2.60. The molecular formula is C25H33N3O3. The van der Waals surface area contributed by atoms with Gasteiger partial charge in [0.1, 0.15) is 11.4 Å². The first-order valence-corrected chi connectivity index (χ1v) is 11.1. The Bertz CT molecular complexity index is 968. The summed E-state index contributed by atoms with van der Waals surface area (Å²) in [4.78, 5) is 19.9. The number of pyridine rings is 1. The smallest absolute Gasteiger partial charge is 0.408 e. The summed E-state index contributed by atoms with van der Waals surface area (Å²) in [5, 5.41) is 4.20. The summed E-state index contributed by atoms with van der Waals surface area (Å²) in [7, 11) is 1.66. The first-order valence-electron chi connectivity index (χ1n) is 11.1. The molecule has 3 fully saturated rings. The topological polar surface area (TPSA) is 63.7 Å². The fourth-order valence-corrected chi connectivity index (χ4v) is 5.08. The Balaban J connectivity index is 1.74. The molecule has 3 aliphatic heterocycles. The Morgan fingerprint density at radius 3 is 2.81 bits per heavy atom. The van der Waals surface area contributed by atoms with Crippen LogP contribution in [0, 0.1) is 11.8 Å². The fraction of sp³-hybridized carbons (Fsp3) is 0.520. The Morgan fingerprint density at radius 1 is 1.35 bits per heavy atom. The summed E-state index contributed by atoms with van der Waals surface area (Å²) in [6, 6.07) is 7.88. The molecule has 1 unspecified atom stereocenters. The van der Waals surface area contributed by atoms with Gasteiger partial charge in [-0.25, -0.2) is 4.79 Å². The van der Waals surface area contributed by atoms with Crippen molar-refractivity contribution in [3.8, 4) is 5.75 Å². The molecule has 2 bridgehead atoms. The zero-order valence-electron chi connectivity index (χ0n) is 18.9. The number of amides is 1. The molecule has 1 N–H and O–H groups in total. The molecule has 3 aliphatic rings. The van der Waals surface area contributed by atoms with Crippen LogP contribution in [0.5, 0.6) is 5.75 Å². The largest absolute Gasteiger partial charge is 0.497 e. The van der Waals surface area contributed by atoms with Gasteiger partial charge in [0.15, 0.2) is 0 Å². The predicted octanol–water partition coefficient (Wildman–Crippen LogP) is 4.71. The molecule has 0 aliphatic carbocycles.